The second kappa shape index (κ2) is 4.43. The first kappa shape index (κ1) is 13.2. The SMILES string of the molecule is CC1(Cl)CC(C)(C(=O)O)CC=C1c1ccccc1. The zero-order valence-electron chi connectivity index (χ0n) is 10.6. The first-order valence-electron chi connectivity index (χ1n) is 6.03. The van der Waals surface area contributed by atoms with Gasteiger partial charge in [-0.3, -0.25) is 4.79 Å². The van der Waals surface area contributed by atoms with Crippen molar-refractivity contribution in [2.45, 2.75) is 31.6 Å². The number of hydrogen-bond donors (Lipinski definition) is 1. The summed E-state index contributed by atoms with van der Waals surface area (Å²) in [5.41, 5.74) is 1.33. The minimum atomic E-state index is -0.780. The molecule has 2 unspecified atom stereocenters. The van der Waals surface area contributed by atoms with E-state index in [9.17, 15) is 9.90 Å². The summed E-state index contributed by atoms with van der Waals surface area (Å²) < 4.78 is 0. The van der Waals surface area contributed by atoms with Gasteiger partial charge in [-0.25, -0.2) is 0 Å². The van der Waals surface area contributed by atoms with Crippen LogP contribution in [0.4, 0.5) is 0 Å². The fourth-order valence-electron chi connectivity index (χ4n) is 2.64. The van der Waals surface area contributed by atoms with Gasteiger partial charge < -0.3 is 5.11 Å². The largest absolute Gasteiger partial charge is 0.481 e. The number of carboxylic acids is 1. The maximum absolute atomic E-state index is 11.3. The monoisotopic (exact) mass is 264 g/mol. The molecule has 1 aliphatic rings. The quantitative estimate of drug-likeness (QED) is 0.821. The summed E-state index contributed by atoms with van der Waals surface area (Å²) >= 11 is 6.57. The molecule has 2 atom stereocenters. The van der Waals surface area contributed by atoms with Crippen LogP contribution >= 0.6 is 11.6 Å². The normalized spacial score (nSPS) is 31.8. The van der Waals surface area contributed by atoms with Gasteiger partial charge in [-0.1, -0.05) is 36.4 Å². The van der Waals surface area contributed by atoms with Crippen molar-refractivity contribution in [3.05, 3.63) is 42.0 Å². The van der Waals surface area contributed by atoms with E-state index in [1.54, 1.807) is 6.92 Å². The Bertz CT molecular complexity index is 490. The van der Waals surface area contributed by atoms with Crippen LogP contribution in [0.1, 0.15) is 32.3 Å². The number of halogens is 1. The molecular formula is C15H17ClO2. The van der Waals surface area contributed by atoms with Crippen molar-refractivity contribution in [3.63, 3.8) is 0 Å². The minimum absolute atomic E-state index is 0.442. The van der Waals surface area contributed by atoms with Crippen LogP contribution in [0.15, 0.2) is 36.4 Å². The third kappa shape index (κ3) is 2.30. The van der Waals surface area contributed by atoms with Gasteiger partial charge in [0, 0.05) is 0 Å². The van der Waals surface area contributed by atoms with Gasteiger partial charge in [-0.05, 0) is 37.8 Å². The lowest BCUT2D eigenvalue weighted by Crippen LogP contribution is -2.38. The van der Waals surface area contributed by atoms with Crippen LogP contribution in [0.2, 0.25) is 0 Å². The molecule has 0 amide bonds. The highest BCUT2D eigenvalue weighted by Gasteiger charge is 2.44. The lowest BCUT2D eigenvalue weighted by Gasteiger charge is -2.38. The summed E-state index contributed by atoms with van der Waals surface area (Å²) in [4.78, 5) is 10.7. The molecule has 0 saturated carbocycles. The molecule has 18 heavy (non-hydrogen) atoms. The highest BCUT2D eigenvalue weighted by molar-refractivity contribution is 6.30. The Balaban J connectivity index is 2.40. The van der Waals surface area contributed by atoms with Crippen molar-refractivity contribution < 1.29 is 9.90 Å². The Kier molecular flexibility index (Phi) is 3.24. The molecule has 1 aliphatic carbocycles. The summed E-state index contributed by atoms with van der Waals surface area (Å²) in [5.74, 6) is -0.780. The van der Waals surface area contributed by atoms with Gasteiger partial charge in [0.05, 0.1) is 10.3 Å². The molecule has 3 heteroatoms. The van der Waals surface area contributed by atoms with Gasteiger partial charge in [0.15, 0.2) is 0 Å². The van der Waals surface area contributed by atoms with Crippen molar-refractivity contribution >= 4 is 23.1 Å². The molecule has 0 bridgehead atoms. The maximum atomic E-state index is 11.3. The van der Waals surface area contributed by atoms with Crippen LogP contribution < -0.4 is 0 Å². The highest BCUT2D eigenvalue weighted by atomic mass is 35.5. The number of carbonyl (C=O) groups is 1. The van der Waals surface area contributed by atoms with E-state index in [0.29, 0.717) is 12.8 Å². The first-order chi connectivity index (χ1) is 8.35. The molecule has 0 aromatic heterocycles. The van der Waals surface area contributed by atoms with Gasteiger partial charge in [0.2, 0.25) is 0 Å². The fraction of sp³-hybridized carbons (Fsp3) is 0.400. The number of hydrogen-bond acceptors (Lipinski definition) is 1. The van der Waals surface area contributed by atoms with Crippen molar-refractivity contribution in [2.75, 3.05) is 0 Å². The number of alkyl halides is 1. The van der Waals surface area contributed by atoms with E-state index >= 15 is 0 Å². The van der Waals surface area contributed by atoms with E-state index in [4.69, 9.17) is 11.6 Å². The lowest BCUT2D eigenvalue weighted by molar-refractivity contribution is -0.148. The van der Waals surface area contributed by atoms with Crippen LogP contribution in [0.5, 0.6) is 0 Å². The molecule has 0 heterocycles. The van der Waals surface area contributed by atoms with E-state index in [0.717, 1.165) is 11.1 Å². The third-order valence-electron chi connectivity index (χ3n) is 3.64. The Labute approximate surface area is 112 Å². The van der Waals surface area contributed by atoms with Gasteiger partial charge in [0.1, 0.15) is 0 Å². The standard InChI is InChI=1S/C15H17ClO2/c1-14(13(17)18)9-8-12(15(2,16)10-14)11-6-4-3-5-7-11/h3-8H,9-10H2,1-2H3,(H,17,18). The molecule has 0 spiro atoms. The van der Waals surface area contributed by atoms with Gasteiger partial charge >= 0.3 is 5.97 Å². The number of benzene rings is 1. The fourth-order valence-corrected chi connectivity index (χ4v) is 3.12. The predicted molar refractivity (Wildman–Crippen MR) is 73.7 cm³/mol. The van der Waals surface area contributed by atoms with Crippen molar-refractivity contribution in [2.24, 2.45) is 5.41 Å². The van der Waals surface area contributed by atoms with E-state index < -0.39 is 16.3 Å². The molecule has 0 aliphatic heterocycles. The van der Waals surface area contributed by atoms with E-state index in [1.807, 2.05) is 43.3 Å². The van der Waals surface area contributed by atoms with E-state index in [-0.39, 0.29) is 0 Å². The highest BCUT2D eigenvalue weighted by Crippen LogP contribution is 2.48. The van der Waals surface area contributed by atoms with Crippen LogP contribution in [-0.4, -0.2) is 16.0 Å². The average Bonchev–Trinajstić information content (AvgIpc) is 2.28. The molecule has 0 saturated heterocycles. The number of aliphatic carboxylic acids is 1. The van der Waals surface area contributed by atoms with Crippen molar-refractivity contribution in [3.8, 4) is 0 Å². The Hall–Kier alpha value is -1.28. The van der Waals surface area contributed by atoms with Crippen LogP contribution in [0.25, 0.3) is 5.57 Å². The molecule has 1 aromatic rings. The number of carboxylic acid groups (broad SMARTS) is 1. The number of rotatable bonds is 2. The lowest BCUT2D eigenvalue weighted by atomic mass is 9.70. The minimum Gasteiger partial charge on any atom is -0.481 e. The van der Waals surface area contributed by atoms with Crippen molar-refractivity contribution in [1.29, 1.82) is 0 Å². The molecule has 0 fully saturated rings. The summed E-state index contributed by atoms with van der Waals surface area (Å²) in [6.07, 6.45) is 2.94. The molecule has 1 aromatic carbocycles. The third-order valence-corrected chi connectivity index (χ3v) is 3.98. The number of allylic oxidation sites excluding steroid dienone is 2. The van der Waals surface area contributed by atoms with Crippen LogP contribution in [-0.2, 0) is 4.79 Å². The molecule has 96 valence electrons. The summed E-state index contributed by atoms with van der Waals surface area (Å²) in [7, 11) is 0. The Morgan fingerprint density at radius 3 is 2.39 bits per heavy atom. The van der Waals surface area contributed by atoms with Gasteiger partial charge in [-0.15, -0.1) is 11.6 Å². The summed E-state index contributed by atoms with van der Waals surface area (Å²) in [6, 6.07) is 9.91. The second-order valence-electron chi connectivity index (χ2n) is 5.43. The molecule has 0 radical (unpaired) electrons. The van der Waals surface area contributed by atoms with Gasteiger partial charge in [-0.2, -0.15) is 0 Å². The van der Waals surface area contributed by atoms with Gasteiger partial charge in [0.25, 0.3) is 0 Å². The molecule has 1 N–H and O–H groups in total. The molecule has 2 nitrogen and oxygen atoms in total. The zero-order valence-corrected chi connectivity index (χ0v) is 11.4. The second-order valence-corrected chi connectivity index (χ2v) is 6.26. The Morgan fingerprint density at radius 2 is 1.89 bits per heavy atom. The van der Waals surface area contributed by atoms with Crippen LogP contribution in [0.3, 0.4) is 0 Å². The topological polar surface area (TPSA) is 37.3 Å². The molecule has 2 rings (SSSR count). The summed E-state index contributed by atoms with van der Waals surface area (Å²) in [6.45, 7) is 3.65. The van der Waals surface area contributed by atoms with Crippen LogP contribution in [0, 0.1) is 5.41 Å². The zero-order chi connectivity index (χ0) is 13.4. The van der Waals surface area contributed by atoms with E-state index in [2.05, 4.69) is 0 Å². The predicted octanol–water partition coefficient (Wildman–Crippen LogP) is 3.95. The first-order valence-corrected chi connectivity index (χ1v) is 6.41. The smallest absolute Gasteiger partial charge is 0.309 e. The summed E-state index contributed by atoms with van der Waals surface area (Å²) in [5, 5.41) is 9.30. The maximum Gasteiger partial charge on any atom is 0.309 e. The van der Waals surface area contributed by atoms with Crippen molar-refractivity contribution in [1.82, 2.24) is 0 Å². The van der Waals surface area contributed by atoms with E-state index in [1.165, 1.54) is 0 Å². The molecular weight excluding hydrogens is 248 g/mol. The Morgan fingerprint density at radius 1 is 1.28 bits per heavy atom. The average molecular weight is 265 g/mol.